The third kappa shape index (κ3) is 8.02. The van der Waals surface area contributed by atoms with E-state index in [1.165, 1.54) is 0 Å². The fraction of sp³-hybridized carbons (Fsp3) is 0.600. The number of hydrogen-bond acceptors (Lipinski definition) is 4. The van der Waals surface area contributed by atoms with Gasteiger partial charge in [0.25, 0.3) is 0 Å². The Morgan fingerprint density at radius 2 is 1.79 bits per heavy atom. The predicted octanol–water partition coefficient (Wildman–Crippen LogP) is 1.19. The van der Waals surface area contributed by atoms with E-state index in [-0.39, 0.29) is 24.2 Å². The van der Waals surface area contributed by atoms with E-state index in [1.807, 2.05) is 36.1 Å². The molecule has 0 saturated carbocycles. The Balaban J connectivity index is 2.03. The van der Waals surface area contributed by atoms with Crippen LogP contribution >= 0.6 is 0 Å². The van der Waals surface area contributed by atoms with Crippen molar-refractivity contribution in [1.29, 1.82) is 0 Å². The van der Waals surface area contributed by atoms with Gasteiger partial charge < -0.3 is 15.5 Å². The Hall–Kier alpha value is -2.13. The molecule has 9 heteroatoms. The van der Waals surface area contributed by atoms with Crippen LogP contribution in [-0.2, 0) is 27.1 Å². The maximum atomic E-state index is 12.3. The average molecular weight is 424 g/mol. The zero-order valence-electron chi connectivity index (χ0n) is 17.6. The molecule has 1 saturated heterocycles. The van der Waals surface area contributed by atoms with E-state index in [1.54, 1.807) is 13.8 Å². The molecule has 8 nitrogen and oxygen atoms in total. The molecule has 1 heterocycles. The molecule has 0 unspecified atom stereocenters. The highest BCUT2D eigenvalue weighted by molar-refractivity contribution is 7.88. The number of hydrogen-bond donors (Lipinski definition) is 3. The number of rotatable bonds is 9. The Bertz CT molecular complexity index is 802. The molecule has 0 aliphatic carbocycles. The quantitative estimate of drug-likeness (QED) is 0.409. The smallest absolute Gasteiger partial charge is 0.241 e. The Morgan fingerprint density at radius 3 is 2.41 bits per heavy atom. The van der Waals surface area contributed by atoms with Crippen LogP contribution in [-0.4, -0.2) is 57.4 Å². The molecule has 1 aliphatic rings. The summed E-state index contributed by atoms with van der Waals surface area (Å²) in [7, 11) is -3.42. The number of sulfonamides is 1. The van der Waals surface area contributed by atoms with Crippen molar-refractivity contribution in [3.8, 4) is 0 Å². The highest BCUT2D eigenvalue weighted by atomic mass is 32.2. The van der Waals surface area contributed by atoms with E-state index >= 15 is 0 Å². The van der Waals surface area contributed by atoms with Crippen LogP contribution in [0, 0.1) is 0 Å². The topological polar surface area (TPSA) is 103 Å². The summed E-state index contributed by atoms with van der Waals surface area (Å²) in [5.41, 5.74) is 1.55. The van der Waals surface area contributed by atoms with Crippen LogP contribution in [0.4, 0.5) is 0 Å². The normalized spacial score (nSPS) is 15.0. The lowest BCUT2D eigenvalue weighted by atomic mass is 10.1. The van der Waals surface area contributed by atoms with Crippen LogP contribution in [0.2, 0.25) is 0 Å². The first-order valence-electron chi connectivity index (χ1n) is 10.2. The molecule has 0 aromatic heterocycles. The Labute approximate surface area is 174 Å². The highest BCUT2D eigenvalue weighted by Gasteiger charge is 2.18. The second-order valence-electron chi connectivity index (χ2n) is 7.44. The zero-order chi connectivity index (χ0) is 21.3. The van der Waals surface area contributed by atoms with Gasteiger partial charge in [-0.05, 0) is 44.7 Å². The SMILES string of the molecule is CCNC(=NCc1ccccc1CS(=O)(=O)NC(C)C)NCC(=O)N1CCCC1. The first kappa shape index (κ1) is 23.2. The fourth-order valence-corrected chi connectivity index (χ4v) is 4.69. The number of carbonyl (C=O) groups is 1. The number of guanidine groups is 1. The van der Waals surface area contributed by atoms with E-state index in [2.05, 4.69) is 20.3 Å². The van der Waals surface area contributed by atoms with E-state index < -0.39 is 10.0 Å². The lowest BCUT2D eigenvalue weighted by Gasteiger charge is -2.17. The predicted molar refractivity (Wildman–Crippen MR) is 116 cm³/mol. The van der Waals surface area contributed by atoms with Crippen molar-refractivity contribution in [3.63, 3.8) is 0 Å². The molecule has 0 atom stereocenters. The zero-order valence-corrected chi connectivity index (χ0v) is 18.4. The summed E-state index contributed by atoms with van der Waals surface area (Å²) in [6.45, 7) is 8.37. The van der Waals surface area contributed by atoms with Crippen molar-refractivity contribution in [2.75, 3.05) is 26.2 Å². The molecule has 0 bridgehead atoms. The largest absolute Gasteiger partial charge is 0.357 e. The van der Waals surface area contributed by atoms with Gasteiger partial charge in [0, 0.05) is 25.7 Å². The van der Waals surface area contributed by atoms with Crippen molar-refractivity contribution in [3.05, 3.63) is 35.4 Å². The summed E-state index contributed by atoms with van der Waals surface area (Å²) in [6, 6.07) is 7.23. The van der Waals surface area contributed by atoms with Gasteiger partial charge in [-0.1, -0.05) is 24.3 Å². The molecule has 1 fully saturated rings. The van der Waals surface area contributed by atoms with Gasteiger partial charge in [-0.2, -0.15) is 0 Å². The molecule has 3 N–H and O–H groups in total. The Morgan fingerprint density at radius 1 is 1.14 bits per heavy atom. The molecule has 2 rings (SSSR count). The van der Waals surface area contributed by atoms with Crippen LogP contribution in [0.5, 0.6) is 0 Å². The van der Waals surface area contributed by atoms with Gasteiger partial charge in [0.15, 0.2) is 5.96 Å². The molecule has 29 heavy (non-hydrogen) atoms. The average Bonchev–Trinajstić information content (AvgIpc) is 3.18. The summed E-state index contributed by atoms with van der Waals surface area (Å²) in [5.74, 6) is 0.520. The number of benzene rings is 1. The van der Waals surface area contributed by atoms with Crippen molar-refractivity contribution in [2.24, 2.45) is 4.99 Å². The number of aliphatic imine (C=N–C) groups is 1. The van der Waals surface area contributed by atoms with Crippen LogP contribution in [0.3, 0.4) is 0 Å². The van der Waals surface area contributed by atoms with Gasteiger partial charge >= 0.3 is 0 Å². The summed E-state index contributed by atoms with van der Waals surface area (Å²) < 4.78 is 27.2. The number of amides is 1. The molecule has 1 amide bonds. The van der Waals surface area contributed by atoms with Gasteiger partial charge in [0.05, 0.1) is 18.8 Å². The third-order valence-electron chi connectivity index (χ3n) is 4.50. The number of carbonyl (C=O) groups excluding carboxylic acids is 1. The van der Waals surface area contributed by atoms with E-state index in [0.717, 1.165) is 31.5 Å². The summed E-state index contributed by atoms with van der Waals surface area (Å²) >= 11 is 0. The lowest BCUT2D eigenvalue weighted by Crippen LogP contribution is -2.44. The molecule has 0 spiro atoms. The lowest BCUT2D eigenvalue weighted by molar-refractivity contribution is -0.128. The first-order chi connectivity index (χ1) is 13.8. The van der Waals surface area contributed by atoms with Gasteiger partial charge in [-0.3, -0.25) is 4.79 Å². The minimum Gasteiger partial charge on any atom is -0.357 e. The standard InChI is InChI=1S/C20H33N5O3S/c1-4-21-20(23-14-19(26)25-11-7-8-12-25)22-13-17-9-5-6-10-18(17)15-29(27,28)24-16(2)3/h5-6,9-10,16,24H,4,7-8,11-15H2,1-3H3,(H2,21,22,23). The van der Waals surface area contributed by atoms with Gasteiger partial charge in [-0.25, -0.2) is 18.1 Å². The van der Waals surface area contributed by atoms with Crippen LogP contribution in [0.1, 0.15) is 44.7 Å². The molecule has 1 aromatic rings. The first-order valence-corrected chi connectivity index (χ1v) is 11.8. The van der Waals surface area contributed by atoms with Crippen LogP contribution < -0.4 is 15.4 Å². The van der Waals surface area contributed by atoms with Crippen LogP contribution in [0.25, 0.3) is 0 Å². The van der Waals surface area contributed by atoms with Crippen LogP contribution in [0.15, 0.2) is 29.3 Å². The molecular weight excluding hydrogens is 390 g/mol. The van der Waals surface area contributed by atoms with E-state index in [4.69, 9.17) is 0 Å². The van der Waals surface area contributed by atoms with E-state index in [0.29, 0.717) is 24.6 Å². The van der Waals surface area contributed by atoms with Crippen molar-refractivity contribution in [1.82, 2.24) is 20.3 Å². The molecular formula is C20H33N5O3S. The second kappa shape index (κ2) is 11.2. The Kier molecular flexibility index (Phi) is 8.91. The minimum atomic E-state index is -3.42. The summed E-state index contributed by atoms with van der Waals surface area (Å²) in [5, 5.41) is 6.21. The summed E-state index contributed by atoms with van der Waals surface area (Å²) in [6.07, 6.45) is 2.12. The van der Waals surface area contributed by atoms with Gasteiger partial charge in [0.1, 0.15) is 0 Å². The molecule has 1 aliphatic heterocycles. The number of likely N-dealkylation sites (tertiary alicyclic amines) is 1. The molecule has 1 aromatic carbocycles. The number of nitrogens with zero attached hydrogens (tertiary/aromatic N) is 2. The van der Waals surface area contributed by atoms with Crippen molar-refractivity contribution < 1.29 is 13.2 Å². The van der Waals surface area contributed by atoms with E-state index in [9.17, 15) is 13.2 Å². The maximum Gasteiger partial charge on any atom is 0.241 e. The van der Waals surface area contributed by atoms with Gasteiger partial charge in [0.2, 0.25) is 15.9 Å². The van der Waals surface area contributed by atoms with Gasteiger partial charge in [-0.15, -0.1) is 0 Å². The van der Waals surface area contributed by atoms with Crippen molar-refractivity contribution >= 4 is 21.9 Å². The monoisotopic (exact) mass is 423 g/mol. The minimum absolute atomic E-state index is 0.0688. The highest BCUT2D eigenvalue weighted by Crippen LogP contribution is 2.14. The second-order valence-corrected chi connectivity index (χ2v) is 9.19. The molecule has 162 valence electrons. The third-order valence-corrected chi connectivity index (χ3v) is 6.02. The summed E-state index contributed by atoms with van der Waals surface area (Å²) in [4.78, 5) is 18.6. The number of nitrogens with one attached hydrogen (secondary N) is 3. The fourth-order valence-electron chi connectivity index (χ4n) is 3.20. The molecule has 0 radical (unpaired) electrons. The maximum absolute atomic E-state index is 12.3. The van der Waals surface area contributed by atoms with Crippen molar-refractivity contribution in [2.45, 2.75) is 52.0 Å².